The zero-order valence-corrected chi connectivity index (χ0v) is 9.63. The van der Waals surface area contributed by atoms with E-state index in [1.165, 1.54) is 0 Å². The molecule has 0 saturated heterocycles. The van der Waals surface area contributed by atoms with E-state index in [9.17, 15) is 4.79 Å². The second-order valence-electron chi connectivity index (χ2n) is 2.81. The second-order valence-corrected chi connectivity index (χ2v) is 3.57. The molecule has 4 heteroatoms. The predicted octanol–water partition coefficient (Wildman–Crippen LogP) is 1.40. The molecule has 0 saturated carbocycles. The third kappa shape index (κ3) is 5.91. The molecular formula is C8H17IN2O. The van der Waals surface area contributed by atoms with Crippen molar-refractivity contribution in [3.63, 3.8) is 0 Å². The number of unbranched alkanes of at least 4 members (excludes halogenated alkanes) is 1. The number of carbonyl (C=O) groups excluding carboxylic acids is 1. The zero-order chi connectivity index (χ0) is 9.40. The van der Waals surface area contributed by atoms with Gasteiger partial charge in [0.15, 0.2) is 0 Å². The molecule has 0 aliphatic rings. The van der Waals surface area contributed by atoms with Crippen LogP contribution in [0.3, 0.4) is 0 Å². The molecule has 0 spiro atoms. The van der Waals surface area contributed by atoms with Crippen LogP contribution in [0.2, 0.25) is 0 Å². The van der Waals surface area contributed by atoms with E-state index in [0.29, 0.717) is 6.42 Å². The van der Waals surface area contributed by atoms with Crippen LogP contribution in [0.25, 0.3) is 0 Å². The van der Waals surface area contributed by atoms with E-state index in [1.54, 1.807) is 0 Å². The van der Waals surface area contributed by atoms with Gasteiger partial charge in [0.1, 0.15) is 5.78 Å². The molecule has 0 aliphatic heterocycles. The van der Waals surface area contributed by atoms with Crippen LogP contribution >= 0.6 is 22.9 Å². The molecule has 1 atom stereocenters. The summed E-state index contributed by atoms with van der Waals surface area (Å²) in [5.41, 5.74) is 5.64. The highest BCUT2D eigenvalue weighted by atomic mass is 127. The molecule has 3 N–H and O–H groups in total. The summed E-state index contributed by atoms with van der Waals surface area (Å²) in [6, 6.07) is -0.232. The first-order valence-corrected chi connectivity index (χ1v) is 5.42. The van der Waals surface area contributed by atoms with Crippen molar-refractivity contribution in [1.82, 2.24) is 3.53 Å². The van der Waals surface area contributed by atoms with E-state index in [1.807, 2.05) is 6.92 Å². The fourth-order valence-corrected chi connectivity index (χ4v) is 1.36. The van der Waals surface area contributed by atoms with Gasteiger partial charge in [-0.3, -0.25) is 8.32 Å². The normalized spacial score (nSPS) is 12.9. The first kappa shape index (κ1) is 12.3. The Kier molecular flexibility index (Phi) is 8.15. The fourth-order valence-electron chi connectivity index (χ4n) is 0.979. The van der Waals surface area contributed by atoms with Gasteiger partial charge in [-0.15, -0.1) is 0 Å². The molecule has 12 heavy (non-hydrogen) atoms. The quantitative estimate of drug-likeness (QED) is 0.422. The lowest BCUT2D eigenvalue weighted by Gasteiger charge is -2.07. The lowest BCUT2D eigenvalue weighted by atomic mass is 10.1. The summed E-state index contributed by atoms with van der Waals surface area (Å²) in [5.74, 6) is 0.178. The molecule has 0 amide bonds. The standard InChI is InChI=1S/C8H17IN2O/c1-2-8(12)7(10)5-3-4-6-11-9/h7,11H,2-6,10H2,1H3. The Morgan fingerprint density at radius 3 is 2.75 bits per heavy atom. The maximum atomic E-state index is 11.0. The van der Waals surface area contributed by atoms with E-state index in [0.717, 1.165) is 25.8 Å². The summed E-state index contributed by atoms with van der Waals surface area (Å²) >= 11 is 2.12. The minimum absolute atomic E-state index is 0.178. The van der Waals surface area contributed by atoms with Crippen LogP contribution < -0.4 is 9.26 Å². The van der Waals surface area contributed by atoms with Gasteiger partial charge in [-0.1, -0.05) is 13.3 Å². The van der Waals surface area contributed by atoms with Gasteiger partial charge >= 0.3 is 0 Å². The number of carbonyl (C=O) groups is 1. The molecule has 0 aliphatic carbocycles. The largest absolute Gasteiger partial charge is 0.322 e. The van der Waals surface area contributed by atoms with Crippen molar-refractivity contribution < 1.29 is 4.79 Å². The van der Waals surface area contributed by atoms with Crippen molar-refractivity contribution in [2.24, 2.45) is 5.73 Å². The first-order chi connectivity index (χ1) is 5.72. The van der Waals surface area contributed by atoms with E-state index in [2.05, 4.69) is 26.4 Å². The van der Waals surface area contributed by atoms with Crippen molar-refractivity contribution in [1.29, 1.82) is 0 Å². The molecule has 3 nitrogen and oxygen atoms in total. The van der Waals surface area contributed by atoms with Gasteiger partial charge in [-0.25, -0.2) is 0 Å². The number of hydrogen-bond donors (Lipinski definition) is 2. The maximum Gasteiger partial charge on any atom is 0.149 e. The molecule has 0 heterocycles. The van der Waals surface area contributed by atoms with Crippen molar-refractivity contribution in [3.05, 3.63) is 0 Å². The van der Waals surface area contributed by atoms with Crippen molar-refractivity contribution in [3.8, 4) is 0 Å². The summed E-state index contributed by atoms with van der Waals surface area (Å²) < 4.78 is 3.03. The van der Waals surface area contributed by atoms with Crippen LogP contribution in [0.5, 0.6) is 0 Å². The van der Waals surface area contributed by atoms with Gasteiger partial charge in [0.05, 0.1) is 6.04 Å². The molecule has 0 aromatic rings. The van der Waals surface area contributed by atoms with Crippen LogP contribution in [0.15, 0.2) is 0 Å². The summed E-state index contributed by atoms with van der Waals surface area (Å²) in [5, 5.41) is 0. The summed E-state index contributed by atoms with van der Waals surface area (Å²) in [6.45, 7) is 2.85. The number of nitrogens with two attached hydrogens (primary N) is 1. The minimum atomic E-state index is -0.232. The van der Waals surface area contributed by atoms with Crippen LogP contribution in [0.1, 0.15) is 32.6 Å². The Morgan fingerprint density at radius 2 is 2.25 bits per heavy atom. The van der Waals surface area contributed by atoms with Crippen LogP contribution in [0.4, 0.5) is 0 Å². The van der Waals surface area contributed by atoms with Crippen LogP contribution in [-0.4, -0.2) is 18.4 Å². The number of rotatable bonds is 7. The Labute approximate surface area is 88.0 Å². The average molecular weight is 284 g/mol. The SMILES string of the molecule is CCC(=O)C(N)CCCCNI. The Bertz CT molecular complexity index is 130. The Balaban J connectivity index is 3.31. The topological polar surface area (TPSA) is 55.1 Å². The van der Waals surface area contributed by atoms with Gasteiger partial charge in [0.25, 0.3) is 0 Å². The third-order valence-electron chi connectivity index (χ3n) is 1.80. The van der Waals surface area contributed by atoms with Crippen LogP contribution in [-0.2, 0) is 4.79 Å². The van der Waals surface area contributed by atoms with E-state index >= 15 is 0 Å². The van der Waals surface area contributed by atoms with E-state index in [4.69, 9.17) is 5.73 Å². The molecule has 72 valence electrons. The second kappa shape index (κ2) is 7.94. The third-order valence-corrected chi connectivity index (χ3v) is 2.34. The van der Waals surface area contributed by atoms with E-state index < -0.39 is 0 Å². The first-order valence-electron chi connectivity index (χ1n) is 4.34. The van der Waals surface area contributed by atoms with Gasteiger partial charge in [-0.2, -0.15) is 0 Å². The summed E-state index contributed by atoms with van der Waals surface area (Å²) in [4.78, 5) is 11.0. The molecule has 0 radical (unpaired) electrons. The predicted molar refractivity (Wildman–Crippen MR) is 59.1 cm³/mol. The van der Waals surface area contributed by atoms with Crippen molar-refractivity contribution in [2.75, 3.05) is 6.54 Å². The number of ketones is 1. The highest BCUT2D eigenvalue weighted by Gasteiger charge is 2.09. The van der Waals surface area contributed by atoms with Crippen molar-refractivity contribution >= 4 is 28.6 Å². The molecule has 0 fully saturated rings. The molecule has 0 aromatic carbocycles. The molecule has 0 aromatic heterocycles. The smallest absolute Gasteiger partial charge is 0.149 e. The van der Waals surface area contributed by atoms with Crippen LogP contribution in [0, 0.1) is 0 Å². The van der Waals surface area contributed by atoms with Gasteiger partial charge < -0.3 is 5.73 Å². The number of Topliss-reactive ketones (excluding diaryl/α,β-unsaturated/α-hetero) is 1. The molecule has 0 bridgehead atoms. The number of nitrogens with one attached hydrogen (secondary N) is 1. The van der Waals surface area contributed by atoms with Gasteiger partial charge in [0, 0.05) is 35.8 Å². The fraction of sp³-hybridized carbons (Fsp3) is 0.875. The number of halogens is 1. The van der Waals surface area contributed by atoms with Gasteiger partial charge in [-0.05, 0) is 12.8 Å². The molecule has 0 rings (SSSR count). The Hall–Kier alpha value is 0.320. The summed E-state index contributed by atoms with van der Waals surface area (Å²) in [6.07, 6.45) is 3.51. The lowest BCUT2D eigenvalue weighted by molar-refractivity contribution is -0.120. The zero-order valence-electron chi connectivity index (χ0n) is 7.48. The maximum absolute atomic E-state index is 11.0. The molecular weight excluding hydrogens is 267 g/mol. The van der Waals surface area contributed by atoms with Crippen molar-refractivity contribution in [2.45, 2.75) is 38.6 Å². The average Bonchev–Trinajstić information content (AvgIpc) is 2.10. The minimum Gasteiger partial charge on any atom is -0.322 e. The lowest BCUT2D eigenvalue weighted by Crippen LogP contribution is -2.29. The molecule has 1 unspecified atom stereocenters. The number of hydrogen-bond acceptors (Lipinski definition) is 3. The highest BCUT2D eigenvalue weighted by molar-refractivity contribution is 14.1. The van der Waals surface area contributed by atoms with E-state index in [-0.39, 0.29) is 11.8 Å². The highest BCUT2D eigenvalue weighted by Crippen LogP contribution is 2.01. The van der Waals surface area contributed by atoms with Gasteiger partial charge in [0.2, 0.25) is 0 Å². The monoisotopic (exact) mass is 284 g/mol. The Morgan fingerprint density at radius 1 is 1.58 bits per heavy atom. The summed E-state index contributed by atoms with van der Waals surface area (Å²) in [7, 11) is 0.